The molecule has 1 heterocycles. The summed E-state index contributed by atoms with van der Waals surface area (Å²) in [7, 11) is 0. The molecule has 0 saturated carbocycles. The van der Waals surface area contributed by atoms with Crippen LogP contribution in [0.2, 0.25) is 0 Å². The fourth-order valence-electron chi connectivity index (χ4n) is 7.59. The van der Waals surface area contributed by atoms with Crippen LogP contribution in [-0.2, 0) is 0 Å². The van der Waals surface area contributed by atoms with E-state index in [0.29, 0.717) is 0 Å². The second-order valence-electron chi connectivity index (χ2n) is 12.5. The summed E-state index contributed by atoms with van der Waals surface area (Å²) in [6.45, 7) is 0. The van der Waals surface area contributed by atoms with Crippen LogP contribution in [0.3, 0.4) is 0 Å². The van der Waals surface area contributed by atoms with Gasteiger partial charge in [-0.1, -0.05) is 133 Å². The number of hydrogen-bond donors (Lipinski definition) is 0. The third kappa shape index (κ3) is 4.24. The van der Waals surface area contributed by atoms with E-state index in [1.807, 2.05) is 11.3 Å². The van der Waals surface area contributed by atoms with Gasteiger partial charge in [-0.2, -0.15) is 0 Å². The van der Waals surface area contributed by atoms with E-state index in [-0.39, 0.29) is 0 Å². The summed E-state index contributed by atoms with van der Waals surface area (Å²) in [5, 5.41) is 12.8. The van der Waals surface area contributed by atoms with Crippen LogP contribution in [0.4, 0.5) is 17.1 Å². The first-order valence-corrected chi connectivity index (χ1v) is 17.2. The Morgan fingerprint density at radius 2 is 0.917 bits per heavy atom. The molecule has 0 aliphatic carbocycles. The van der Waals surface area contributed by atoms with Gasteiger partial charge in [0.05, 0.1) is 5.69 Å². The first-order valence-electron chi connectivity index (χ1n) is 16.4. The summed E-state index contributed by atoms with van der Waals surface area (Å²) >= 11 is 1.86. The molecule has 224 valence electrons. The van der Waals surface area contributed by atoms with Crippen molar-refractivity contribution in [3.63, 3.8) is 0 Å². The van der Waals surface area contributed by atoms with Gasteiger partial charge in [0.1, 0.15) is 0 Å². The van der Waals surface area contributed by atoms with Crippen LogP contribution in [0.25, 0.3) is 74.4 Å². The third-order valence-corrected chi connectivity index (χ3v) is 10.9. The third-order valence-electron chi connectivity index (χ3n) is 9.78. The molecule has 10 aromatic rings. The Balaban J connectivity index is 1.30. The van der Waals surface area contributed by atoms with E-state index in [4.69, 9.17) is 0 Å². The van der Waals surface area contributed by atoms with Crippen molar-refractivity contribution in [3.05, 3.63) is 176 Å². The molecule has 1 nitrogen and oxygen atoms in total. The molecule has 0 radical (unpaired) electrons. The minimum Gasteiger partial charge on any atom is -0.310 e. The first-order chi connectivity index (χ1) is 23.8. The van der Waals surface area contributed by atoms with Crippen LogP contribution in [-0.4, -0.2) is 0 Å². The van der Waals surface area contributed by atoms with Gasteiger partial charge < -0.3 is 4.90 Å². The predicted molar refractivity (Wildman–Crippen MR) is 209 cm³/mol. The monoisotopic (exact) mass is 627 g/mol. The van der Waals surface area contributed by atoms with Gasteiger partial charge in [-0.25, -0.2) is 0 Å². The number of hydrogen-bond acceptors (Lipinski definition) is 2. The Morgan fingerprint density at radius 1 is 0.333 bits per heavy atom. The molecule has 48 heavy (non-hydrogen) atoms. The average Bonchev–Trinajstić information content (AvgIpc) is 3.54. The zero-order chi connectivity index (χ0) is 31.6. The van der Waals surface area contributed by atoms with Crippen molar-refractivity contribution in [3.8, 4) is 11.1 Å². The molecule has 2 heteroatoms. The van der Waals surface area contributed by atoms with Crippen LogP contribution in [0.5, 0.6) is 0 Å². The molecule has 0 fully saturated rings. The van der Waals surface area contributed by atoms with Crippen LogP contribution < -0.4 is 4.90 Å². The largest absolute Gasteiger partial charge is 0.310 e. The molecule has 0 spiro atoms. The smallest absolute Gasteiger partial charge is 0.0554 e. The molecule has 1 aromatic heterocycles. The number of rotatable bonds is 4. The zero-order valence-electron chi connectivity index (χ0n) is 26.1. The van der Waals surface area contributed by atoms with Crippen molar-refractivity contribution in [2.45, 2.75) is 0 Å². The van der Waals surface area contributed by atoms with Crippen molar-refractivity contribution < 1.29 is 0 Å². The molecule has 0 aliphatic rings. The quantitative estimate of drug-likeness (QED) is 0.176. The Morgan fingerprint density at radius 3 is 1.75 bits per heavy atom. The van der Waals surface area contributed by atoms with E-state index in [1.54, 1.807) is 0 Å². The average molecular weight is 628 g/mol. The van der Waals surface area contributed by atoms with Gasteiger partial charge in [0.15, 0.2) is 0 Å². The lowest BCUT2D eigenvalue weighted by Gasteiger charge is -2.27. The maximum atomic E-state index is 2.47. The van der Waals surface area contributed by atoms with Crippen LogP contribution in [0.1, 0.15) is 0 Å². The molecular formula is C46H29NS. The highest BCUT2D eigenvalue weighted by molar-refractivity contribution is 7.26. The molecule has 0 N–H and O–H groups in total. The SMILES string of the molecule is c1ccc(-c2cccc(N(c3ccc4ccc5ccc6ccc7ccccc7c6c5c4c3)c3cccc4sc5ccccc5c34)c2)cc1. The summed E-state index contributed by atoms with van der Waals surface area (Å²) in [5.41, 5.74) is 5.87. The van der Waals surface area contributed by atoms with Gasteiger partial charge in [0, 0.05) is 31.5 Å². The van der Waals surface area contributed by atoms with Crippen molar-refractivity contribution in [1.29, 1.82) is 0 Å². The molecule has 9 aromatic carbocycles. The van der Waals surface area contributed by atoms with E-state index in [0.717, 1.165) is 11.4 Å². The maximum Gasteiger partial charge on any atom is 0.0554 e. The van der Waals surface area contributed by atoms with E-state index >= 15 is 0 Å². The van der Waals surface area contributed by atoms with Crippen molar-refractivity contribution >= 4 is 91.7 Å². The fourth-order valence-corrected chi connectivity index (χ4v) is 8.72. The van der Waals surface area contributed by atoms with Gasteiger partial charge in [-0.05, 0) is 96.7 Å². The molecular weight excluding hydrogens is 599 g/mol. The number of nitrogens with zero attached hydrogens (tertiary/aromatic N) is 1. The van der Waals surface area contributed by atoms with Crippen molar-refractivity contribution in [1.82, 2.24) is 0 Å². The topological polar surface area (TPSA) is 3.24 Å². The Bertz CT molecular complexity index is 2840. The number of anilines is 3. The molecule has 0 saturated heterocycles. The van der Waals surface area contributed by atoms with Gasteiger partial charge in [0.2, 0.25) is 0 Å². The Kier molecular flexibility index (Phi) is 6.12. The predicted octanol–water partition coefficient (Wildman–Crippen LogP) is 13.8. The molecule has 10 rings (SSSR count). The molecule has 0 aliphatic heterocycles. The summed E-state index contributed by atoms with van der Waals surface area (Å²) in [6.07, 6.45) is 0. The number of benzene rings is 9. The van der Waals surface area contributed by atoms with Crippen molar-refractivity contribution in [2.24, 2.45) is 0 Å². The van der Waals surface area contributed by atoms with E-state index in [1.165, 1.54) is 80.1 Å². The molecule has 0 amide bonds. The molecule has 0 unspecified atom stereocenters. The minimum atomic E-state index is 1.13. The van der Waals surface area contributed by atoms with Crippen LogP contribution in [0.15, 0.2) is 176 Å². The fraction of sp³-hybridized carbons (Fsp3) is 0. The lowest BCUT2D eigenvalue weighted by molar-refractivity contribution is 1.31. The minimum absolute atomic E-state index is 1.13. The summed E-state index contributed by atoms with van der Waals surface area (Å²) in [5.74, 6) is 0. The van der Waals surface area contributed by atoms with Gasteiger partial charge in [0.25, 0.3) is 0 Å². The van der Waals surface area contributed by atoms with Crippen molar-refractivity contribution in [2.75, 3.05) is 4.90 Å². The van der Waals surface area contributed by atoms with Crippen LogP contribution >= 0.6 is 11.3 Å². The normalized spacial score (nSPS) is 11.8. The summed E-state index contributed by atoms with van der Waals surface area (Å²) in [4.78, 5) is 2.47. The molecule has 0 atom stereocenters. The number of thiophene rings is 1. The lowest BCUT2D eigenvalue weighted by atomic mass is 9.92. The Labute approximate surface area is 282 Å². The summed E-state index contributed by atoms with van der Waals surface area (Å²) in [6, 6.07) is 64.6. The Hall–Kier alpha value is -5.96. The second-order valence-corrected chi connectivity index (χ2v) is 13.6. The van der Waals surface area contributed by atoms with Gasteiger partial charge in [-0.15, -0.1) is 11.3 Å². The van der Waals surface area contributed by atoms with E-state index < -0.39 is 0 Å². The number of fused-ring (bicyclic) bond motifs is 10. The summed E-state index contributed by atoms with van der Waals surface area (Å²) < 4.78 is 2.60. The highest BCUT2D eigenvalue weighted by Gasteiger charge is 2.20. The maximum absolute atomic E-state index is 2.47. The standard InChI is InChI=1S/C46H29NS/c1-2-10-30(11-3-1)35-13-8-14-36(28-35)47(41-17-9-19-43-46(41)39-16-6-7-18-42(39)48-43)37-27-26-32-21-23-34-25-24-33-22-20-31-12-4-5-15-38(31)44(33)45(34)40(32)29-37/h1-29H. The first kappa shape index (κ1) is 27.2. The zero-order valence-corrected chi connectivity index (χ0v) is 26.9. The highest BCUT2D eigenvalue weighted by Crippen LogP contribution is 2.46. The van der Waals surface area contributed by atoms with E-state index in [9.17, 15) is 0 Å². The van der Waals surface area contributed by atoms with Gasteiger partial charge in [-0.3, -0.25) is 0 Å². The second kappa shape index (κ2) is 10.8. The molecule has 0 bridgehead atoms. The highest BCUT2D eigenvalue weighted by atomic mass is 32.1. The van der Waals surface area contributed by atoms with Gasteiger partial charge >= 0.3 is 0 Å². The van der Waals surface area contributed by atoms with E-state index in [2.05, 4.69) is 181 Å². The van der Waals surface area contributed by atoms with Crippen LogP contribution in [0, 0.1) is 0 Å². The lowest BCUT2D eigenvalue weighted by Crippen LogP contribution is -2.10.